The van der Waals surface area contributed by atoms with E-state index in [1.807, 2.05) is 23.3 Å². The Balaban J connectivity index is 1.38. The summed E-state index contributed by atoms with van der Waals surface area (Å²) < 4.78 is 12.4. The van der Waals surface area contributed by atoms with Crippen molar-refractivity contribution in [3.05, 3.63) is 21.9 Å². The second-order valence-corrected chi connectivity index (χ2v) is 9.24. The summed E-state index contributed by atoms with van der Waals surface area (Å²) in [7, 11) is 2.18. The van der Waals surface area contributed by atoms with Gasteiger partial charge in [-0.05, 0) is 43.8 Å². The highest BCUT2D eigenvalue weighted by atomic mass is 32.1. The number of nitrogens with zero attached hydrogens (tertiary/aromatic N) is 3. The van der Waals surface area contributed by atoms with Gasteiger partial charge in [-0.25, -0.2) is 0 Å². The molecule has 1 spiro atoms. The average Bonchev–Trinajstić information content (AvgIpc) is 3.19. The van der Waals surface area contributed by atoms with Gasteiger partial charge in [0.15, 0.2) is 0 Å². The number of ether oxygens (including phenoxy) is 2. The highest BCUT2D eigenvalue weighted by Crippen LogP contribution is 2.34. The number of piperazine rings is 1. The molecule has 3 aliphatic heterocycles. The van der Waals surface area contributed by atoms with Gasteiger partial charge in [-0.3, -0.25) is 9.69 Å². The molecule has 0 aliphatic carbocycles. The molecule has 4 heterocycles. The molecule has 6 nitrogen and oxygen atoms in total. The molecule has 0 bridgehead atoms. The summed E-state index contributed by atoms with van der Waals surface area (Å²) >= 11 is 1.53. The van der Waals surface area contributed by atoms with Crippen molar-refractivity contribution in [2.75, 3.05) is 66.1 Å². The topological polar surface area (TPSA) is 45.2 Å². The van der Waals surface area contributed by atoms with Gasteiger partial charge in [0.1, 0.15) is 5.60 Å². The Labute approximate surface area is 166 Å². The van der Waals surface area contributed by atoms with Crippen LogP contribution in [0.4, 0.5) is 0 Å². The fourth-order valence-corrected chi connectivity index (χ4v) is 5.21. The average molecular weight is 394 g/mol. The van der Waals surface area contributed by atoms with Gasteiger partial charge >= 0.3 is 0 Å². The highest BCUT2D eigenvalue weighted by Gasteiger charge is 2.44. The molecule has 4 rings (SSSR count). The van der Waals surface area contributed by atoms with Crippen molar-refractivity contribution >= 4 is 17.2 Å². The van der Waals surface area contributed by atoms with Gasteiger partial charge in [0, 0.05) is 39.3 Å². The minimum absolute atomic E-state index is 0.115. The van der Waals surface area contributed by atoms with E-state index in [0.717, 1.165) is 56.0 Å². The number of rotatable bonds is 3. The molecule has 3 fully saturated rings. The summed E-state index contributed by atoms with van der Waals surface area (Å²) in [6.45, 7) is 9.98. The zero-order chi connectivity index (χ0) is 18.9. The smallest absolute Gasteiger partial charge is 0.264 e. The Kier molecular flexibility index (Phi) is 5.85. The zero-order valence-corrected chi connectivity index (χ0v) is 17.3. The lowest BCUT2D eigenvalue weighted by atomic mass is 10.00. The Morgan fingerprint density at radius 2 is 2.11 bits per heavy atom. The summed E-state index contributed by atoms with van der Waals surface area (Å²) in [4.78, 5) is 20.6. The van der Waals surface area contributed by atoms with Crippen LogP contribution in [-0.2, 0) is 9.47 Å². The third-order valence-corrected chi connectivity index (χ3v) is 7.01. The molecule has 0 N–H and O–H groups in total. The predicted molar refractivity (Wildman–Crippen MR) is 107 cm³/mol. The molecule has 1 aromatic rings. The van der Waals surface area contributed by atoms with E-state index in [1.54, 1.807) is 0 Å². The second-order valence-electron chi connectivity index (χ2n) is 8.33. The molecular formula is C20H31N3O3S. The van der Waals surface area contributed by atoms with Gasteiger partial charge in [-0.15, -0.1) is 11.3 Å². The molecule has 0 saturated carbocycles. The van der Waals surface area contributed by atoms with Crippen LogP contribution >= 0.6 is 11.3 Å². The van der Waals surface area contributed by atoms with Gasteiger partial charge in [0.05, 0.1) is 30.7 Å². The van der Waals surface area contributed by atoms with Crippen LogP contribution in [-0.4, -0.2) is 98.4 Å². The lowest BCUT2D eigenvalue weighted by molar-refractivity contribution is -0.0915. The largest absolute Gasteiger partial charge is 0.377 e. The second kappa shape index (κ2) is 8.17. The van der Waals surface area contributed by atoms with Crippen molar-refractivity contribution in [3.63, 3.8) is 0 Å². The first-order valence-corrected chi connectivity index (χ1v) is 10.9. The first-order valence-electron chi connectivity index (χ1n) is 10.0. The number of aryl methyl sites for hydroxylation is 1. The molecule has 2 unspecified atom stereocenters. The van der Waals surface area contributed by atoms with Crippen molar-refractivity contribution in [2.45, 2.75) is 31.5 Å². The Bertz CT molecular complexity index is 659. The first kappa shape index (κ1) is 19.3. The molecule has 3 saturated heterocycles. The molecule has 1 aromatic heterocycles. The van der Waals surface area contributed by atoms with Crippen molar-refractivity contribution in [3.8, 4) is 0 Å². The first-order chi connectivity index (χ1) is 13.0. The molecule has 0 radical (unpaired) electrons. The van der Waals surface area contributed by atoms with E-state index in [2.05, 4.69) is 16.8 Å². The van der Waals surface area contributed by atoms with Crippen LogP contribution < -0.4 is 0 Å². The number of carbonyl (C=O) groups is 1. The monoisotopic (exact) mass is 393 g/mol. The minimum atomic E-state index is -0.338. The SMILES string of the molecule is Cc1csc(C(=O)N2CCOCC3(CCC(CN4CCN(C)CC4)O3)C2)c1. The fraction of sp³-hybridized carbons (Fsp3) is 0.750. The van der Waals surface area contributed by atoms with Gasteiger partial charge < -0.3 is 19.3 Å². The van der Waals surface area contributed by atoms with Gasteiger partial charge in [-0.2, -0.15) is 0 Å². The van der Waals surface area contributed by atoms with E-state index >= 15 is 0 Å². The van der Waals surface area contributed by atoms with Crippen molar-refractivity contribution in [1.29, 1.82) is 0 Å². The van der Waals surface area contributed by atoms with E-state index in [-0.39, 0.29) is 17.6 Å². The Hall–Kier alpha value is -0.990. The summed E-state index contributed by atoms with van der Waals surface area (Å²) in [5.74, 6) is 0.115. The summed E-state index contributed by atoms with van der Waals surface area (Å²) in [6, 6.07) is 1.98. The van der Waals surface area contributed by atoms with Crippen LogP contribution in [0.2, 0.25) is 0 Å². The number of thiophene rings is 1. The maximum Gasteiger partial charge on any atom is 0.264 e. The molecule has 3 aliphatic rings. The summed E-state index contributed by atoms with van der Waals surface area (Å²) in [5.41, 5.74) is 0.809. The normalized spacial score (nSPS) is 30.7. The van der Waals surface area contributed by atoms with Gasteiger partial charge in [-0.1, -0.05) is 0 Å². The standard InChI is InChI=1S/C20H31N3O3S/c1-16-11-18(27-13-16)19(24)23-9-10-25-15-20(14-23)4-3-17(26-20)12-22-7-5-21(2)6-8-22/h11,13,17H,3-10,12,14-15H2,1-2H3. The predicted octanol–water partition coefficient (Wildman–Crippen LogP) is 1.69. The minimum Gasteiger partial charge on any atom is -0.377 e. The van der Waals surface area contributed by atoms with E-state index in [9.17, 15) is 4.79 Å². The number of likely N-dealkylation sites (N-methyl/N-ethyl adjacent to an activating group) is 1. The van der Waals surface area contributed by atoms with Crippen LogP contribution in [0.5, 0.6) is 0 Å². The number of hydrogen-bond donors (Lipinski definition) is 0. The van der Waals surface area contributed by atoms with Gasteiger partial charge in [0.25, 0.3) is 5.91 Å². The number of amides is 1. The molecular weight excluding hydrogens is 362 g/mol. The van der Waals surface area contributed by atoms with Crippen LogP contribution in [0.1, 0.15) is 28.1 Å². The maximum atomic E-state index is 12.9. The number of carbonyl (C=O) groups excluding carboxylic acids is 1. The van der Waals surface area contributed by atoms with Crippen molar-refractivity contribution in [2.24, 2.45) is 0 Å². The molecule has 1 amide bonds. The molecule has 2 atom stereocenters. The molecule has 150 valence electrons. The van der Waals surface area contributed by atoms with Crippen molar-refractivity contribution < 1.29 is 14.3 Å². The van der Waals surface area contributed by atoms with Crippen LogP contribution in [0.15, 0.2) is 11.4 Å². The quantitative estimate of drug-likeness (QED) is 0.782. The molecule has 27 heavy (non-hydrogen) atoms. The molecule has 7 heteroatoms. The lowest BCUT2D eigenvalue weighted by Gasteiger charge is -2.35. The van der Waals surface area contributed by atoms with Crippen LogP contribution in [0.25, 0.3) is 0 Å². The summed E-state index contributed by atoms with van der Waals surface area (Å²) in [5, 5.41) is 2.04. The van der Waals surface area contributed by atoms with E-state index in [1.165, 1.54) is 11.3 Å². The van der Waals surface area contributed by atoms with Crippen LogP contribution in [0.3, 0.4) is 0 Å². The Morgan fingerprint density at radius 1 is 1.30 bits per heavy atom. The van der Waals surface area contributed by atoms with E-state index in [0.29, 0.717) is 26.3 Å². The third kappa shape index (κ3) is 4.54. The zero-order valence-electron chi connectivity index (χ0n) is 16.5. The Morgan fingerprint density at radius 3 is 2.85 bits per heavy atom. The van der Waals surface area contributed by atoms with E-state index in [4.69, 9.17) is 9.47 Å². The van der Waals surface area contributed by atoms with Gasteiger partial charge in [0.2, 0.25) is 0 Å². The van der Waals surface area contributed by atoms with Crippen LogP contribution in [0, 0.1) is 6.92 Å². The van der Waals surface area contributed by atoms with Crippen molar-refractivity contribution in [1.82, 2.24) is 14.7 Å². The summed E-state index contributed by atoms with van der Waals surface area (Å²) in [6.07, 6.45) is 2.27. The lowest BCUT2D eigenvalue weighted by Crippen LogP contribution is -2.49. The van der Waals surface area contributed by atoms with E-state index < -0.39 is 0 Å². The third-order valence-electron chi connectivity index (χ3n) is 5.97. The number of hydrogen-bond acceptors (Lipinski definition) is 6. The highest BCUT2D eigenvalue weighted by molar-refractivity contribution is 7.12. The maximum absolute atomic E-state index is 12.9. The molecule has 0 aromatic carbocycles. The fourth-order valence-electron chi connectivity index (χ4n) is 4.34.